The molecule has 1 heterocycles. The zero-order chi connectivity index (χ0) is 18.7. The topological polar surface area (TPSA) is 78.4 Å². The molecule has 134 valence electrons. The lowest BCUT2D eigenvalue weighted by Crippen LogP contribution is -2.70. The molecule has 0 radical (unpaired) electrons. The predicted molar refractivity (Wildman–Crippen MR) is 99.2 cm³/mol. The molecule has 0 aromatic heterocycles. The zero-order valence-electron chi connectivity index (χ0n) is 14.5. The molecule has 0 spiro atoms. The molecule has 3 amide bonds. The van der Waals surface area contributed by atoms with Gasteiger partial charge in [0.15, 0.2) is 11.1 Å². The summed E-state index contributed by atoms with van der Waals surface area (Å²) in [6.07, 6.45) is 3.91. The number of fused-ring (bicyclic) bond motifs is 2. The van der Waals surface area contributed by atoms with E-state index in [0.29, 0.717) is 16.2 Å². The van der Waals surface area contributed by atoms with Crippen LogP contribution in [0.15, 0.2) is 58.7 Å². The molecular weight excluding hydrogens is 352 g/mol. The Morgan fingerprint density at radius 3 is 2.38 bits per heavy atom. The standard InChI is InChI=1S/C20H19ClN2O3/c1-11(2)10-19(17(24)22-18(25)23-19)20(26)14-9-8-13(15(20)16(14)21)12-6-4-3-5-7-12/h3-9,11,26H,10H2,1-2H3,(H2,22,23,24,25). The lowest BCUT2D eigenvalue weighted by atomic mass is 9.56. The Kier molecular flexibility index (Phi) is 3.65. The number of benzene rings is 1. The van der Waals surface area contributed by atoms with Crippen molar-refractivity contribution in [2.45, 2.75) is 31.4 Å². The van der Waals surface area contributed by atoms with Gasteiger partial charge in [0.1, 0.15) is 0 Å². The minimum atomic E-state index is -1.66. The summed E-state index contributed by atoms with van der Waals surface area (Å²) in [4.78, 5) is 24.7. The normalized spacial score (nSPS) is 29.9. The third kappa shape index (κ3) is 2.01. The first kappa shape index (κ1) is 17.1. The summed E-state index contributed by atoms with van der Waals surface area (Å²) >= 11 is 6.47. The molecule has 1 aliphatic heterocycles. The van der Waals surface area contributed by atoms with Crippen LogP contribution in [0.5, 0.6) is 0 Å². The third-order valence-corrected chi connectivity index (χ3v) is 5.64. The number of imide groups is 1. The lowest BCUT2D eigenvalue weighted by Gasteiger charge is -2.54. The van der Waals surface area contributed by atoms with E-state index >= 15 is 0 Å². The van der Waals surface area contributed by atoms with Gasteiger partial charge in [0.25, 0.3) is 5.91 Å². The van der Waals surface area contributed by atoms with E-state index in [0.717, 1.165) is 11.1 Å². The molecule has 1 saturated heterocycles. The second kappa shape index (κ2) is 5.56. The quantitative estimate of drug-likeness (QED) is 0.713. The van der Waals surface area contributed by atoms with Crippen LogP contribution in [0.2, 0.25) is 0 Å². The molecule has 1 aromatic rings. The molecule has 6 heteroatoms. The van der Waals surface area contributed by atoms with Crippen molar-refractivity contribution in [3.8, 4) is 0 Å². The van der Waals surface area contributed by atoms with Crippen LogP contribution in [-0.2, 0) is 4.79 Å². The smallest absolute Gasteiger partial charge is 0.322 e. The summed E-state index contributed by atoms with van der Waals surface area (Å²) in [5, 5.41) is 17.2. The van der Waals surface area contributed by atoms with Crippen LogP contribution in [-0.4, -0.2) is 28.2 Å². The van der Waals surface area contributed by atoms with Crippen molar-refractivity contribution < 1.29 is 14.7 Å². The van der Waals surface area contributed by atoms with Crippen molar-refractivity contribution in [2.24, 2.45) is 5.92 Å². The Bertz CT molecular complexity index is 916. The average molecular weight is 371 g/mol. The fraction of sp³-hybridized carbons (Fsp3) is 0.300. The molecule has 3 N–H and O–H groups in total. The lowest BCUT2D eigenvalue weighted by molar-refractivity contribution is -0.132. The van der Waals surface area contributed by atoms with Gasteiger partial charge in [0.05, 0.1) is 5.03 Å². The number of halogens is 1. The fourth-order valence-corrected chi connectivity index (χ4v) is 4.67. The van der Waals surface area contributed by atoms with Crippen LogP contribution >= 0.6 is 11.6 Å². The van der Waals surface area contributed by atoms with Crippen molar-refractivity contribution in [3.63, 3.8) is 0 Å². The summed E-state index contributed by atoms with van der Waals surface area (Å²) in [6.45, 7) is 3.88. The Morgan fingerprint density at radius 1 is 1.15 bits per heavy atom. The molecule has 3 aliphatic rings. The third-order valence-electron chi connectivity index (χ3n) is 5.25. The van der Waals surface area contributed by atoms with Crippen LogP contribution in [0.3, 0.4) is 0 Å². The van der Waals surface area contributed by atoms with E-state index in [4.69, 9.17) is 11.6 Å². The summed E-state index contributed by atoms with van der Waals surface area (Å²) in [7, 11) is 0. The molecule has 2 unspecified atom stereocenters. The van der Waals surface area contributed by atoms with Crippen molar-refractivity contribution in [3.05, 3.63) is 64.2 Å². The van der Waals surface area contributed by atoms with Gasteiger partial charge in [-0.2, -0.15) is 0 Å². The fourth-order valence-electron chi connectivity index (χ4n) is 4.23. The van der Waals surface area contributed by atoms with E-state index in [1.54, 1.807) is 6.08 Å². The van der Waals surface area contributed by atoms with Gasteiger partial charge in [-0.05, 0) is 23.5 Å². The zero-order valence-corrected chi connectivity index (χ0v) is 15.2. The highest BCUT2D eigenvalue weighted by atomic mass is 35.5. The Hall–Kier alpha value is -2.37. The number of carbonyl (C=O) groups excluding carboxylic acids is 2. The highest BCUT2D eigenvalue weighted by Crippen LogP contribution is 2.60. The van der Waals surface area contributed by atoms with Gasteiger partial charge in [-0.15, -0.1) is 0 Å². The summed E-state index contributed by atoms with van der Waals surface area (Å²) in [5.41, 5.74) is -0.548. The van der Waals surface area contributed by atoms with Crippen LogP contribution in [0.25, 0.3) is 5.57 Å². The molecule has 2 aliphatic carbocycles. The van der Waals surface area contributed by atoms with Gasteiger partial charge >= 0.3 is 6.03 Å². The van der Waals surface area contributed by atoms with Gasteiger partial charge in [0, 0.05) is 11.1 Å². The van der Waals surface area contributed by atoms with Gasteiger partial charge in [-0.25, -0.2) is 4.79 Å². The number of hydrogen-bond donors (Lipinski definition) is 3. The maximum Gasteiger partial charge on any atom is 0.322 e. The molecular formula is C20H19ClN2O3. The van der Waals surface area contributed by atoms with E-state index in [1.165, 1.54) is 0 Å². The summed E-state index contributed by atoms with van der Waals surface area (Å²) in [5.74, 6) is -0.464. The number of carbonyl (C=O) groups is 2. The number of amides is 3. The van der Waals surface area contributed by atoms with Crippen LogP contribution in [0.1, 0.15) is 25.8 Å². The van der Waals surface area contributed by atoms with Gasteiger partial charge in [-0.1, -0.05) is 67.9 Å². The van der Waals surface area contributed by atoms with E-state index in [-0.39, 0.29) is 12.3 Å². The van der Waals surface area contributed by atoms with Crippen molar-refractivity contribution >= 4 is 29.1 Å². The molecule has 26 heavy (non-hydrogen) atoms. The second-order valence-corrected chi connectivity index (χ2v) is 7.72. The number of allylic oxidation sites excluding steroid dienone is 2. The largest absolute Gasteiger partial charge is 0.377 e. The number of rotatable bonds is 4. The van der Waals surface area contributed by atoms with Gasteiger partial charge in [-0.3, -0.25) is 10.1 Å². The van der Waals surface area contributed by atoms with Crippen molar-refractivity contribution in [1.29, 1.82) is 0 Å². The van der Waals surface area contributed by atoms with E-state index < -0.39 is 23.1 Å². The molecule has 1 fully saturated rings. The van der Waals surface area contributed by atoms with Crippen molar-refractivity contribution in [1.82, 2.24) is 10.6 Å². The van der Waals surface area contributed by atoms with Crippen LogP contribution in [0.4, 0.5) is 4.79 Å². The minimum Gasteiger partial charge on any atom is -0.377 e. The number of nitrogens with one attached hydrogen (secondary N) is 2. The minimum absolute atomic E-state index is 0.0635. The Morgan fingerprint density at radius 2 is 1.85 bits per heavy atom. The van der Waals surface area contributed by atoms with E-state index in [2.05, 4.69) is 10.6 Å². The number of hydrogen-bond acceptors (Lipinski definition) is 3. The monoisotopic (exact) mass is 370 g/mol. The SMILES string of the molecule is CC(C)CC1(C2(O)c3ccc(-c4ccccc4)c2c3Cl)NC(=O)NC1=O. The molecule has 1 aromatic carbocycles. The van der Waals surface area contributed by atoms with Gasteiger partial charge < -0.3 is 10.4 Å². The molecule has 4 rings (SSSR count). The molecule has 2 atom stereocenters. The first-order valence-electron chi connectivity index (χ1n) is 8.56. The Balaban J connectivity index is 1.87. The Labute approximate surface area is 156 Å². The highest BCUT2D eigenvalue weighted by molar-refractivity contribution is 6.37. The maximum atomic E-state index is 12.8. The van der Waals surface area contributed by atoms with Gasteiger partial charge in [0.2, 0.25) is 0 Å². The van der Waals surface area contributed by atoms with Crippen LogP contribution in [0, 0.1) is 5.92 Å². The summed E-state index contributed by atoms with van der Waals surface area (Å²) in [6, 6.07) is 8.94. The first-order chi connectivity index (χ1) is 12.3. The maximum absolute atomic E-state index is 12.8. The number of aliphatic hydroxyl groups is 1. The molecule has 0 saturated carbocycles. The molecule has 5 nitrogen and oxygen atoms in total. The van der Waals surface area contributed by atoms with E-state index in [9.17, 15) is 14.7 Å². The van der Waals surface area contributed by atoms with Crippen LogP contribution < -0.4 is 10.6 Å². The molecule has 2 bridgehead atoms. The highest BCUT2D eigenvalue weighted by Gasteiger charge is 2.69. The summed E-state index contributed by atoms with van der Waals surface area (Å²) < 4.78 is 0. The second-order valence-electron chi connectivity index (χ2n) is 7.34. The number of urea groups is 1. The van der Waals surface area contributed by atoms with Crippen molar-refractivity contribution in [2.75, 3.05) is 0 Å². The first-order valence-corrected chi connectivity index (χ1v) is 8.94. The van der Waals surface area contributed by atoms with E-state index in [1.807, 2.05) is 50.3 Å². The predicted octanol–water partition coefficient (Wildman–Crippen LogP) is 2.87. The average Bonchev–Trinajstić information content (AvgIpc) is 2.89.